The van der Waals surface area contributed by atoms with Crippen LogP contribution in [-0.4, -0.2) is 59.7 Å². The number of esters is 1. The van der Waals surface area contributed by atoms with Crippen molar-refractivity contribution < 1.29 is 28.7 Å². The van der Waals surface area contributed by atoms with Crippen LogP contribution in [0.1, 0.15) is 82.5 Å². The molecule has 0 aliphatic carbocycles. The topological polar surface area (TPSA) is 122 Å². The predicted molar refractivity (Wildman–Crippen MR) is 140 cm³/mol. The summed E-state index contributed by atoms with van der Waals surface area (Å²) in [5.74, 6) is -4.68. The molecule has 1 aliphatic heterocycles. The maximum Gasteiger partial charge on any atom is 0.312 e. The number of fused-ring (bicyclic) bond motifs is 1. The van der Waals surface area contributed by atoms with Crippen LogP contribution >= 0.6 is 0 Å². The van der Waals surface area contributed by atoms with Gasteiger partial charge in [-0.3, -0.25) is 28.9 Å². The fourth-order valence-electron chi connectivity index (χ4n) is 4.38. The Bertz CT molecular complexity index is 1020. The minimum atomic E-state index is -1.13. The second-order valence-corrected chi connectivity index (χ2v) is 12.1. The Morgan fingerprint density at radius 3 is 1.81 bits per heavy atom. The number of likely N-dealkylation sites (N-methyl/N-ethyl adjacent to an activating group) is 1. The molecule has 2 rings (SSSR count). The van der Waals surface area contributed by atoms with Gasteiger partial charge in [0.25, 0.3) is 11.8 Å². The number of rotatable bonds is 9. The van der Waals surface area contributed by atoms with Gasteiger partial charge in [-0.1, -0.05) is 46.8 Å². The molecule has 2 N–H and O–H groups in total. The molecule has 0 fully saturated rings. The maximum atomic E-state index is 13.7. The zero-order valence-corrected chi connectivity index (χ0v) is 23.4. The van der Waals surface area contributed by atoms with Crippen LogP contribution in [0.4, 0.5) is 0 Å². The molecule has 0 spiro atoms. The third-order valence-corrected chi connectivity index (χ3v) is 6.18. The minimum Gasteiger partial charge on any atom is -0.460 e. The molecular weight excluding hydrogens is 474 g/mol. The first-order chi connectivity index (χ1) is 17.0. The molecule has 0 bridgehead atoms. The van der Waals surface area contributed by atoms with Crippen LogP contribution in [0.5, 0.6) is 0 Å². The number of amides is 4. The summed E-state index contributed by atoms with van der Waals surface area (Å²) in [6, 6.07) is 5.60. The van der Waals surface area contributed by atoms with E-state index >= 15 is 0 Å². The lowest BCUT2D eigenvalue weighted by atomic mass is 9.81. The molecule has 204 valence electrons. The van der Waals surface area contributed by atoms with Crippen molar-refractivity contribution in [1.82, 2.24) is 15.5 Å². The first kappa shape index (κ1) is 30.0. The summed E-state index contributed by atoms with van der Waals surface area (Å²) in [5.41, 5.74) is -0.950. The second kappa shape index (κ2) is 11.4. The molecule has 1 aromatic rings. The first-order valence-electron chi connectivity index (χ1n) is 12.7. The Labute approximate surface area is 219 Å². The highest BCUT2D eigenvalue weighted by Crippen LogP contribution is 2.30. The van der Waals surface area contributed by atoms with Crippen LogP contribution in [0.3, 0.4) is 0 Å². The fourth-order valence-corrected chi connectivity index (χ4v) is 4.38. The highest BCUT2D eigenvalue weighted by molar-refractivity contribution is 6.21. The van der Waals surface area contributed by atoms with Gasteiger partial charge in [0, 0.05) is 13.6 Å². The average Bonchev–Trinajstić information content (AvgIpc) is 3.01. The van der Waals surface area contributed by atoms with E-state index in [-0.39, 0.29) is 35.9 Å². The van der Waals surface area contributed by atoms with Crippen molar-refractivity contribution >= 4 is 29.6 Å². The van der Waals surface area contributed by atoms with Gasteiger partial charge in [0.2, 0.25) is 11.8 Å². The summed E-state index contributed by atoms with van der Waals surface area (Å²) in [6.45, 7) is 14.1. The molecule has 1 heterocycles. The van der Waals surface area contributed by atoms with Gasteiger partial charge < -0.3 is 15.4 Å². The number of carbonyl (C=O) groups is 5. The van der Waals surface area contributed by atoms with E-state index in [0.717, 1.165) is 4.90 Å². The summed E-state index contributed by atoms with van der Waals surface area (Å²) in [5, 5.41) is 5.41. The van der Waals surface area contributed by atoms with Crippen molar-refractivity contribution in [3.8, 4) is 0 Å². The number of imide groups is 1. The second-order valence-electron chi connectivity index (χ2n) is 12.1. The molecule has 4 amide bonds. The molecule has 37 heavy (non-hydrogen) atoms. The van der Waals surface area contributed by atoms with E-state index in [1.165, 1.54) is 7.05 Å². The average molecular weight is 516 g/mol. The molecule has 3 unspecified atom stereocenters. The van der Waals surface area contributed by atoms with Gasteiger partial charge in [-0.15, -0.1) is 0 Å². The smallest absolute Gasteiger partial charge is 0.312 e. The quantitative estimate of drug-likeness (QED) is 0.385. The number of hydrogen-bond donors (Lipinski definition) is 2. The molecule has 0 saturated heterocycles. The third kappa shape index (κ3) is 7.40. The fraction of sp³-hybridized carbons (Fsp3) is 0.607. The first-order valence-corrected chi connectivity index (χ1v) is 12.7. The Balaban J connectivity index is 2.50. The molecule has 1 aliphatic rings. The molecule has 3 atom stereocenters. The Morgan fingerprint density at radius 1 is 0.892 bits per heavy atom. The predicted octanol–water partition coefficient (Wildman–Crippen LogP) is 3.18. The SMILES string of the molecule is CNC(=O)C(NC(=O)C(CC(C)C)C(CN1C(=O)c2ccccc2C1=O)C(=O)OC(C)(C)C)C(C)(C)C. The summed E-state index contributed by atoms with van der Waals surface area (Å²) in [6.07, 6.45) is 0.281. The standard InChI is InChI=1S/C28H41N3O6/c1-16(2)14-19(22(32)30-21(23(33)29-9)27(3,4)5)20(26(36)37-28(6,7)8)15-31-24(34)17-12-10-11-13-18(17)25(31)35/h10-13,16,19-21H,14-15H2,1-9H3,(H,29,33)(H,30,32). The van der Waals surface area contributed by atoms with Crippen LogP contribution < -0.4 is 10.6 Å². The molecule has 1 aromatic carbocycles. The zero-order valence-electron chi connectivity index (χ0n) is 23.4. The Morgan fingerprint density at radius 2 is 1.41 bits per heavy atom. The Hall–Kier alpha value is -3.23. The van der Waals surface area contributed by atoms with Gasteiger partial charge >= 0.3 is 5.97 Å². The molecular formula is C28H41N3O6. The van der Waals surface area contributed by atoms with Crippen LogP contribution in [0.15, 0.2) is 24.3 Å². The van der Waals surface area contributed by atoms with Crippen molar-refractivity contribution in [3.63, 3.8) is 0 Å². The van der Waals surface area contributed by atoms with Gasteiger partial charge in [-0.05, 0) is 50.7 Å². The summed E-state index contributed by atoms with van der Waals surface area (Å²) < 4.78 is 5.66. The van der Waals surface area contributed by atoms with E-state index in [1.54, 1.807) is 45.0 Å². The maximum absolute atomic E-state index is 13.7. The molecule has 0 radical (unpaired) electrons. The third-order valence-electron chi connectivity index (χ3n) is 6.18. The molecule has 9 nitrogen and oxygen atoms in total. The van der Waals surface area contributed by atoms with Crippen molar-refractivity contribution in [2.75, 3.05) is 13.6 Å². The number of benzene rings is 1. The van der Waals surface area contributed by atoms with E-state index in [1.807, 2.05) is 34.6 Å². The number of ether oxygens (including phenoxy) is 1. The summed E-state index contributed by atoms with van der Waals surface area (Å²) in [7, 11) is 1.49. The van der Waals surface area contributed by atoms with E-state index in [2.05, 4.69) is 10.6 Å². The lowest BCUT2D eigenvalue weighted by Crippen LogP contribution is -2.56. The van der Waals surface area contributed by atoms with Gasteiger partial charge in [0.15, 0.2) is 0 Å². The van der Waals surface area contributed by atoms with Crippen molar-refractivity contribution in [2.45, 2.75) is 73.5 Å². The van der Waals surface area contributed by atoms with E-state index in [4.69, 9.17) is 4.74 Å². The van der Waals surface area contributed by atoms with Gasteiger partial charge in [-0.2, -0.15) is 0 Å². The molecule has 9 heteroatoms. The minimum absolute atomic E-state index is 0.00375. The van der Waals surface area contributed by atoms with Crippen LogP contribution in [0, 0.1) is 23.2 Å². The molecule has 0 aromatic heterocycles. The lowest BCUT2D eigenvalue weighted by Gasteiger charge is -2.34. The van der Waals surface area contributed by atoms with Gasteiger partial charge in [0.1, 0.15) is 11.6 Å². The van der Waals surface area contributed by atoms with Gasteiger partial charge in [0.05, 0.1) is 23.0 Å². The van der Waals surface area contributed by atoms with Crippen molar-refractivity contribution in [3.05, 3.63) is 35.4 Å². The van der Waals surface area contributed by atoms with Gasteiger partial charge in [-0.25, -0.2) is 0 Å². The van der Waals surface area contributed by atoms with Crippen molar-refractivity contribution in [2.24, 2.45) is 23.2 Å². The monoisotopic (exact) mass is 515 g/mol. The highest BCUT2D eigenvalue weighted by Gasteiger charge is 2.44. The lowest BCUT2D eigenvalue weighted by molar-refractivity contribution is -0.164. The van der Waals surface area contributed by atoms with Crippen LogP contribution in [-0.2, 0) is 19.1 Å². The van der Waals surface area contributed by atoms with E-state index < -0.39 is 52.6 Å². The highest BCUT2D eigenvalue weighted by atomic mass is 16.6. The zero-order chi connectivity index (χ0) is 28.3. The number of carbonyl (C=O) groups excluding carboxylic acids is 5. The normalized spacial score (nSPS) is 16.2. The largest absolute Gasteiger partial charge is 0.460 e. The number of nitrogens with one attached hydrogen (secondary N) is 2. The van der Waals surface area contributed by atoms with Crippen molar-refractivity contribution in [1.29, 1.82) is 0 Å². The number of hydrogen-bond acceptors (Lipinski definition) is 6. The van der Waals surface area contributed by atoms with E-state index in [0.29, 0.717) is 0 Å². The summed E-state index contributed by atoms with van der Waals surface area (Å²) in [4.78, 5) is 67.1. The Kier molecular flexibility index (Phi) is 9.27. The molecule has 0 saturated carbocycles. The van der Waals surface area contributed by atoms with Crippen LogP contribution in [0.25, 0.3) is 0 Å². The van der Waals surface area contributed by atoms with Crippen LogP contribution in [0.2, 0.25) is 0 Å². The number of nitrogens with zero attached hydrogens (tertiary/aromatic N) is 1. The van der Waals surface area contributed by atoms with E-state index in [9.17, 15) is 24.0 Å². The summed E-state index contributed by atoms with van der Waals surface area (Å²) >= 11 is 0.